The molecule has 0 bridgehead atoms. The van der Waals surface area contributed by atoms with Crippen LogP contribution >= 0.6 is 0 Å². The fraction of sp³-hybridized carbons (Fsp3) is 0.115. The van der Waals surface area contributed by atoms with E-state index in [1.165, 1.54) is 6.07 Å². The molecule has 0 aliphatic carbocycles. The van der Waals surface area contributed by atoms with Crippen molar-refractivity contribution in [1.29, 1.82) is 0 Å². The maximum Gasteiger partial charge on any atom is 0.339 e. The van der Waals surface area contributed by atoms with Crippen LogP contribution in [0.15, 0.2) is 82.0 Å². The largest absolute Gasteiger partial charge is 0.497 e. The van der Waals surface area contributed by atoms with Crippen molar-refractivity contribution in [3.05, 3.63) is 105 Å². The van der Waals surface area contributed by atoms with Gasteiger partial charge >= 0.3 is 11.6 Å². The molecule has 1 atom stereocenters. The third-order valence-electron chi connectivity index (χ3n) is 5.61. The normalized spacial score (nSPS) is 14.9. The minimum absolute atomic E-state index is 0.311. The van der Waals surface area contributed by atoms with Crippen LogP contribution in [-0.2, 0) is 11.2 Å². The number of cyclic esters (lactones) is 1. The molecular weight excluding hydrogens is 422 g/mol. The van der Waals surface area contributed by atoms with Gasteiger partial charge in [-0.05, 0) is 65.7 Å². The van der Waals surface area contributed by atoms with Gasteiger partial charge in [-0.2, -0.15) is 0 Å². The molecule has 0 radical (unpaired) electrons. The number of hydrogen-bond donors (Lipinski definition) is 1. The Kier molecular flexibility index (Phi) is 5.14. The van der Waals surface area contributed by atoms with E-state index >= 15 is 0 Å². The number of anilines is 1. The summed E-state index contributed by atoms with van der Waals surface area (Å²) >= 11 is 0. The van der Waals surface area contributed by atoms with E-state index in [-0.39, 0.29) is 5.91 Å². The first kappa shape index (κ1) is 20.5. The molecule has 1 N–H and O–H groups in total. The lowest BCUT2D eigenvalue weighted by molar-refractivity contribution is 0.0252. The molecular formula is C26H19NO6. The lowest BCUT2D eigenvalue weighted by atomic mass is 9.93. The highest BCUT2D eigenvalue weighted by Gasteiger charge is 2.28. The van der Waals surface area contributed by atoms with E-state index in [2.05, 4.69) is 5.32 Å². The standard InChI is InChI=1S/C26H19NO6/c1-31-20-7-2-15(3-8-20)23-14-18-12-17(4-9-21(18)26(30)33-23)25(29)27-19-6-10-22-16(13-19)5-11-24(28)32-22/h2-13,23H,14H2,1H3,(H,27,29)/t23-/m0/s1. The Balaban J connectivity index is 1.38. The Labute approximate surface area is 188 Å². The molecule has 2 heterocycles. The first-order valence-corrected chi connectivity index (χ1v) is 10.3. The average molecular weight is 441 g/mol. The summed E-state index contributed by atoms with van der Waals surface area (Å²) in [6.07, 6.45) is 0.0214. The van der Waals surface area contributed by atoms with Gasteiger partial charge in [0.15, 0.2) is 0 Å². The van der Waals surface area contributed by atoms with Gasteiger partial charge in [-0.3, -0.25) is 4.79 Å². The molecule has 164 valence electrons. The number of esters is 1. The van der Waals surface area contributed by atoms with Crippen molar-refractivity contribution in [1.82, 2.24) is 0 Å². The second-order valence-electron chi connectivity index (χ2n) is 7.70. The van der Waals surface area contributed by atoms with E-state index in [1.807, 2.05) is 24.3 Å². The number of hydrogen-bond acceptors (Lipinski definition) is 6. The molecule has 3 aromatic carbocycles. The van der Waals surface area contributed by atoms with Crippen molar-refractivity contribution in [2.45, 2.75) is 12.5 Å². The van der Waals surface area contributed by atoms with Crippen LogP contribution in [0.4, 0.5) is 5.69 Å². The average Bonchev–Trinajstić information content (AvgIpc) is 2.83. The van der Waals surface area contributed by atoms with Crippen molar-refractivity contribution < 1.29 is 23.5 Å². The van der Waals surface area contributed by atoms with E-state index in [1.54, 1.807) is 49.6 Å². The molecule has 1 aromatic heterocycles. The molecule has 1 aliphatic heterocycles. The molecule has 0 saturated carbocycles. The highest BCUT2D eigenvalue weighted by Crippen LogP contribution is 2.32. The van der Waals surface area contributed by atoms with Crippen LogP contribution in [0.2, 0.25) is 0 Å². The molecule has 0 unspecified atom stereocenters. The third kappa shape index (κ3) is 4.08. The summed E-state index contributed by atoms with van der Waals surface area (Å²) in [5.41, 5.74) is 3.06. The van der Waals surface area contributed by atoms with E-state index < -0.39 is 17.7 Å². The Hall–Kier alpha value is -4.39. The highest BCUT2D eigenvalue weighted by molar-refractivity contribution is 6.06. The van der Waals surface area contributed by atoms with Crippen molar-refractivity contribution >= 4 is 28.5 Å². The lowest BCUT2D eigenvalue weighted by Crippen LogP contribution is -2.23. The van der Waals surface area contributed by atoms with Gasteiger partial charge in [0.25, 0.3) is 5.91 Å². The molecule has 1 aliphatic rings. The second-order valence-corrected chi connectivity index (χ2v) is 7.70. The maximum atomic E-state index is 12.9. The maximum absolute atomic E-state index is 12.9. The van der Waals surface area contributed by atoms with Gasteiger partial charge < -0.3 is 19.2 Å². The smallest absolute Gasteiger partial charge is 0.339 e. The van der Waals surface area contributed by atoms with Crippen molar-refractivity contribution in [3.63, 3.8) is 0 Å². The first-order chi connectivity index (χ1) is 16.0. The van der Waals surface area contributed by atoms with Crippen molar-refractivity contribution in [3.8, 4) is 5.75 Å². The lowest BCUT2D eigenvalue weighted by Gasteiger charge is -2.25. The molecule has 7 heteroatoms. The van der Waals surface area contributed by atoms with Gasteiger partial charge in [-0.25, -0.2) is 9.59 Å². The summed E-state index contributed by atoms with van der Waals surface area (Å²) in [6, 6.07) is 20.3. The Morgan fingerprint density at radius 1 is 0.970 bits per heavy atom. The minimum Gasteiger partial charge on any atom is -0.497 e. The number of carbonyl (C=O) groups is 2. The molecule has 0 spiro atoms. The zero-order chi connectivity index (χ0) is 22.9. The van der Waals surface area contributed by atoms with Crippen molar-refractivity contribution in [2.75, 3.05) is 12.4 Å². The zero-order valence-corrected chi connectivity index (χ0v) is 17.7. The van der Waals surface area contributed by atoms with E-state index in [0.29, 0.717) is 34.2 Å². The zero-order valence-electron chi connectivity index (χ0n) is 17.7. The van der Waals surface area contributed by atoms with Crippen molar-refractivity contribution in [2.24, 2.45) is 0 Å². The Morgan fingerprint density at radius 2 is 1.79 bits per heavy atom. The van der Waals surface area contributed by atoms with Gasteiger partial charge in [0.2, 0.25) is 0 Å². The third-order valence-corrected chi connectivity index (χ3v) is 5.61. The summed E-state index contributed by atoms with van der Waals surface area (Å²) in [5, 5.41) is 3.55. The quantitative estimate of drug-likeness (QED) is 0.370. The van der Waals surface area contributed by atoms with Crippen LogP contribution in [0.5, 0.6) is 5.75 Å². The number of ether oxygens (including phenoxy) is 2. The molecule has 4 aromatic rings. The SMILES string of the molecule is COc1ccc([C@@H]2Cc3cc(C(=O)Nc4ccc5oc(=O)ccc5c4)ccc3C(=O)O2)cc1. The van der Waals surface area contributed by atoms with Crippen LogP contribution in [-0.4, -0.2) is 19.0 Å². The topological polar surface area (TPSA) is 94.8 Å². The second kappa shape index (κ2) is 8.27. The summed E-state index contributed by atoms with van der Waals surface area (Å²) in [7, 11) is 1.59. The van der Waals surface area contributed by atoms with Crippen LogP contribution < -0.4 is 15.7 Å². The molecule has 0 fully saturated rings. The van der Waals surface area contributed by atoms with Gasteiger partial charge in [-0.15, -0.1) is 0 Å². The molecule has 0 saturated heterocycles. The fourth-order valence-electron chi connectivity index (χ4n) is 3.89. The molecule has 5 rings (SSSR count). The number of benzene rings is 3. The summed E-state index contributed by atoms with van der Waals surface area (Å²) in [6.45, 7) is 0. The number of rotatable bonds is 4. The van der Waals surface area contributed by atoms with Crippen LogP contribution in [0, 0.1) is 0 Å². The van der Waals surface area contributed by atoms with Gasteiger partial charge in [0.1, 0.15) is 17.4 Å². The number of methoxy groups -OCH3 is 1. The fourth-order valence-corrected chi connectivity index (χ4v) is 3.89. The first-order valence-electron chi connectivity index (χ1n) is 10.3. The van der Waals surface area contributed by atoms with Gasteiger partial charge in [-0.1, -0.05) is 12.1 Å². The Morgan fingerprint density at radius 3 is 2.58 bits per heavy atom. The number of nitrogens with one attached hydrogen (secondary N) is 1. The Bertz CT molecular complexity index is 1440. The summed E-state index contributed by atoms with van der Waals surface area (Å²) < 4.78 is 15.9. The van der Waals surface area contributed by atoms with Gasteiger partial charge in [0.05, 0.1) is 12.7 Å². The van der Waals surface area contributed by atoms with Crippen LogP contribution in [0.25, 0.3) is 11.0 Å². The highest BCUT2D eigenvalue weighted by atomic mass is 16.5. The number of amides is 1. The summed E-state index contributed by atoms with van der Waals surface area (Å²) in [4.78, 5) is 36.8. The van der Waals surface area contributed by atoms with E-state index in [9.17, 15) is 14.4 Å². The molecule has 1 amide bonds. The number of fused-ring (bicyclic) bond motifs is 2. The van der Waals surface area contributed by atoms with E-state index in [4.69, 9.17) is 13.9 Å². The van der Waals surface area contributed by atoms with Gasteiger partial charge in [0, 0.05) is 29.1 Å². The molecule has 7 nitrogen and oxygen atoms in total. The monoisotopic (exact) mass is 441 g/mol. The predicted molar refractivity (Wildman–Crippen MR) is 122 cm³/mol. The number of carbonyl (C=O) groups excluding carboxylic acids is 2. The van der Waals surface area contributed by atoms with Crippen LogP contribution in [0.3, 0.4) is 0 Å². The van der Waals surface area contributed by atoms with Crippen LogP contribution in [0.1, 0.15) is 37.9 Å². The summed E-state index contributed by atoms with van der Waals surface area (Å²) in [5.74, 6) is -0.00871. The molecule has 33 heavy (non-hydrogen) atoms. The predicted octanol–water partition coefficient (Wildman–Crippen LogP) is 4.51. The minimum atomic E-state index is -0.440. The van der Waals surface area contributed by atoms with E-state index in [0.717, 1.165) is 16.9 Å².